The molecule has 0 aliphatic heterocycles. The molecule has 0 atom stereocenters. The summed E-state index contributed by atoms with van der Waals surface area (Å²) in [4.78, 5) is 12.2. The van der Waals surface area contributed by atoms with Crippen LogP contribution in [0.3, 0.4) is 0 Å². The second kappa shape index (κ2) is 7.12. The van der Waals surface area contributed by atoms with Crippen LogP contribution in [0.25, 0.3) is 6.08 Å². The number of phenols is 1. The number of nitrogens with zero attached hydrogens (tertiary/aromatic N) is 1. The molecule has 5 heteroatoms. The maximum Gasteiger partial charge on any atom is 0.266 e. The number of benzene rings is 2. The average Bonchev–Trinajstić information content (AvgIpc) is 2.50. The van der Waals surface area contributed by atoms with Crippen molar-refractivity contribution in [3.63, 3.8) is 0 Å². The highest BCUT2D eigenvalue weighted by atomic mass is 79.9. The van der Waals surface area contributed by atoms with Crippen LogP contribution in [0.4, 0.5) is 5.69 Å². The molecule has 0 unspecified atom stereocenters. The minimum Gasteiger partial charge on any atom is -0.507 e. The molecule has 0 spiro atoms. The van der Waals surface area contributed by atoms with E-state index in [4.69, 9.17) is 0 Å². The highest BCUT2D eigenvalue weighted by molar-refractivity contribution is 9.10. The van der Waals surface area contributed by atoms with Crippen LogP contribution < -0.4 is 5.32 Å². The highest BCUT2D eigenvalue weighted by Crippen LogP contribution is 2.24. The van der Waals surface area contributed by atoms with E-state index in [1.807, 2.05) is 12.1 Å². The molecule has 0 aromatic heterocycles. The molecule has 4 nitrogen and oxygen atoms in total. The van der Waals surface area contributed by atoms with Gasteiger partial charge in [0.15, 0.2) is 0 Å². The Morgan fingerprint density at radius 2 is 1.91 bits per heavy atom. The second-order valence-corrected chi connectivity index (χ2v) is 6.05. The van der Waals surface area contributed by atoms with Crippen LogP contribution in [0.15, 0.2) is 46.4 Å². The Kier molecular flexibility index (Phi) is 5.20. The van der Waals surface area contributed by atoms with Gasteiger partial charge >= 0.3 is 0 Å². The number of nitrogens with one attached hydrogen (secondary N) is 1. The van der Waals surface area contributed by atoms with Gasteiger partial charge in [-0.15, -0.1) is 0 Å². The van der Waals surface area contributed by atoms with E-state index >= 15 is 0 Å². The molecule has 2 aromatic rings. The molecule has 1 amide bonds. The summed E-state index contributed by atoms with van der Waals surface area (Å²) in [6, 6.07) is 12.5. The largest absolute Gasteiger partial charge is 0.507 e. The predicted octanol–water partition coefficient (Wildman–Crippen LogP) is 4.32. The normalized spacial score (nSPS) is 11.0. The topological polar surface area (TPSA) is 73.1 Å². The summed E-state index contributed by atoms with van der Waals surface area (Å²) in [6.07, 6.45) is 1.51. The smallest absolute Gasteiger partial charge is 0.266 e. The number of carbonyl (C=O) groups is 1. The zero-order chi connectivity index (χ0) is 17.0. The number of amides is 1. The van der Waals surface area contributed by atoms with Crippen LogP contribution >= 0.6 is 15.9 Å². The van der Waals surface area contributed by atoms with E-state index in [-0.39, 0.29) is 11.3 Å². The maximum atomic E-state index is 12.2. The molecule has 0 saturated carbocycles. The van der Waals surface area contributed by atoms with Crippen molar-refractivity contribution in [1.82, 2.24) is 0 Å². The summed E-state index contributed by atoms with van der Waals surface area (Å²) in [6.45, 7) is 3.54. The van der Waals surface area contributed by atoms with Gasteiger partial charge in [-0.3, -0.25) is 4.79 Å². The summed E-state index contributed by atoms with van der Waals surface area (Å²) in [5, 5.41) is 21.7. The molecule has 0 radical (unpaired) electrons. The van der Waals surface area contributed by atoms with Crippen molar-refractivity contribution >= 4 is 33.6 Å². The SMILES string of the molecule is Cc1cc(/C=C(/C#N)C(=O)Nc2cccc(Br)c2)cc(C)c1O. The molecule has 2 N–H and O–H groups in total. The summed E-state index contributed by atoms with van der Waals surface area (Å²) >= 11 is 3.33. The summed E-state index contributed by atoms with van der Waals surface area (Å²) in [7, 11) is 0. The van der Waals surface area contributed by atoms with Crippen LogP contribution in [0, 0.1) is 25.2 Å². The average molecular weight is 371 g/mol. The maximum absolute atomic E-state index is 12.2. The van der Waals surface area contributed by atoms with Gasteiger partial charge < -0.3 is 10.4 Å². The Balaban J connectivity index is 2.28. The number of halogens is 1. The molecule has 0 fully saturated rings. The van der Waals surface area contributed by atoms with Crippen molar-refractivity contribution in [3.05, 3.63) is 63.1 Å². The lowest BCUT2D eigenvalue weighted by Gasteiger charge is -2.07. The van der Waals surface area contributed by atoms with E-state index in [0.717, 1.165) is 4.47 Å². The minimum absolute atomic E-state index is 0.00512. The monoisotopic (exact) mass is 370 g/mol. The number of phenolic OH excluding ortho intramolecular Hbond substituents is 1. The molecule has 0 bridgehead atoms. The fourth-order valence-electron chi connectivity index (χ4n) is 2.15. The number of hydrogen-bond acceptors (Lipinski definition) is 3. The van der Waals surface area contributed by atoms with Crippen molar-refractivity contribution in [1.29, 1.82) is 5.26 Å². The fraction of sp³-hybridized carbons (Fsp3) is 0.111. The molecule has 0 saturated heterocycles. The number of aromatic hydroxyl groups is 1. The molecule has 0 aliphatic carbocycles. The van der Waals surface area contributed by atoms with Crippen molar-refractivity contribution in [2.75, 3.05) is 5.32 Å². The van der Waals surface area contributed by atoms with E-state index in [2.05, 4.69) is 21.2 Å². The number of nitriles is 1. The Morgan fingerprint density at radius 1 is 1.26 bits per heavy atom. The molecule has 0 heterocycles. The van der Waals surface area contributed by atoms with Gasteiger partial charge in [0.25, 0.3) is 5.91 Å². The molecule has 0 aliphatic rings. The summed E-state index contributed by atoms with van der Waals surface area (Å²) in [5.74, 6) is -0.256. The quantitative estimate of drug-likeness (QED) is 0.624. The number of anilines is 1. The molecule has 2 rings (SSSR count). The van der Waals surface area contributed by atoms with Crippen LogP contribution in [0.2, 0.25) is 0 Å². The van der Waals surface area contributed by atoms with E-state index in [0.29, 0.717) is 22.4 Å². The zero-order valence-electron chi connectivity index (χ0n) is 12.7. The lowest BCUT2D eigenvalue weighted by molar-refractivity contribution is -0.112. The Bertz CT molecular complexity index is 812. The minimum atomic E-state index is -0.478. The van der Waals surface area contributed by atoms with Crippen LogP contribution in [0.5, 0.6) is 5.75 Å². The first-order valence-electron chi connectivity index (χ1n) is 6.89. The molecule has 116 valence electrons. The van der Waals surface area contributed by atoms with E-state index < -0.39 is 5.91 Å². The number of aryl methyl sites for hydroxylation is 2. The highest BCUT2D eigenvalue weighted by Gasteiger charge is 2.11. The number of carbonyl (C=O) groups excluding carboxylic acids is 1. The van der Waals surface area contributed by atoms with Gasteiger partial charge in [-0.05, 0) is 66.9 Å². The van der Waals surface area contributed by atoms with Gasteiger partial charge in [-0.1, -0.05) is 22.0 Å². The van der Waals surface area contributed by atoms with E-state index in [1.54, 1.807) is 44.2 Å². The van der Waals surface area contributed by atoms with Crippen molar-refractivity contribution in [2.24, 2.45) is 0 Å². The van der Waals surface area contributed by atoms with Crippen molar-refractivity contribution in [2.45, 2.75) is 13.8 Å². The van der Waals surface area contributed by atoms with Crippen molar-refractivity contribution < 1.29 is 9.90 Å². The summed E-state index contributed by atoms with van der Waals surface area (Å²) < 4.78 is 0.836. The van der Waals surface area contributed by atoms with E-state index in [9.17, 15) is 15.2 Å². The first-order valence-corrected chi connectivity index (χ1v) is 7.69. The van der Waals surface area contributed by atoms with Gasteiger partial charge in [0.1, 0.15) is 17.4 Å². The van der Waals surface area contributed by atoms with Gasteiger partial charge in [-0.25, -0.2) is 0 Å². The summed E-state index contributed by atoms with van der Waals surface area (Å²) in [5.41, 5.74) is 2.68. The third-order valence-electron chi connectivity index (χ3n) is 3.27. The third-order valence-corrected chi connectivity index (χ3v) is 3.77. The lowest BCUT2D eigenvalue weighted by atomic mass is 10.0. The van der Waals surface area contributed by atoms with Gasteiger partial charge in [0, 0.05) is 10.2 Å². The fourth-order valence-corrected chi connectivity index (χ4v) is 2.55. The Morgan fingerprint density at radius 3 is 2.48 bits per heavy atom. The van der Waals surface area contributed by atoms with Crippen LogP contribution in [0.1, 0.15) is 16.7 Å². The van der Waals surface area contributed by atoms with Gasteiger partial charge in [0.2, 0.25) is 0 Å². The number of rotatable bonds is 3. The van der Waals surface area contributed by atoms with Crippen LogP contribution in [-0.2, 0) is 4.79 Å². The molecular formula is C18H15BrN2O2. The van der Waals surface area contributed by atoms with E-state index in [1.165, 1.54) is 6.08 Å². The first-order chi connectivity index (χ1) is 10.9. The van der Waals surface area contributed by atoms with Crippen LogP contribution in [-0.4, -0.2) is 11.0 Å². The predicted molar refractivity (Wildman–Crippen MR) is 93.9 cm³/mol. The Hall–Kier alpha value is -2.58. The third kappa shape index (κ3) is 4.21. The van der Waals surface area contributed by atoms with Crippen molar-refractivity contribution in [3.8, 4) is 11.8 Å². The second-order valence-electron chi connectivity index (χ2n) is 5.14. The molecule has 23 heavy (non-hydrogen) atoms. The number of hydrogen-bond donors (Lipinski definition) is 2. The Labute approximate surface area is 143 Å². The zero-order valence-corrected chi connectivity index (χ0v) is 14.3. The molecular weight excluding hydrogens is 356 g/mol. The first kappa shape index (κ1) is 16.8. The molecule has 2 aromatic carbocycles. The standard InChI is InChI=1S/C18H15BrN2O2/c1-11-6-13(7-12(2)17(11)22)8-14(10-20)18(23)21-16-5-3-4-15(19)9-16/h3-9,22H,1-2H3,(H,21,23)/b14-8-. The lowest BCUT2D eigenvalue weighted by Crippen LogP contribution is -2.13. The van der Waals surface area contributed by atoms with Gasteiger partial charge in [-0.2, -0.15) is 5.26 Å². The van der Waals surface area contributed by atoms with Gasteiger partial charge in [0.05, 0.1) is 0 Å².